The van der Waals surface area contributed by atoms with Crippen molar-refractivity contribution in [2.75, 3.05) is 0 Å². The quantitative estimate of drug-likeness (QED) is 0.434. The summed E-state index contributed by atoms with van der Waals surface area (Å²) >= 11 is 11.3. The van der Waals surface area contributed by atoms with Gasteiger partial charge < -0.3 is 5.32 Å². The maximum atomic E-state index is 11.8. The topological polar surface area (TPSA) is 53.2 Å². The fourth-order valence-electron chi connectivity index (χ4n) is 2.93. The highest BCUT2D eigenvalue weighted by Gasteiger charge is 2.27. The number of thiocarbonyl (C=S) groups is 1. The van der Waals surface area contributed by atoms with E-state index in [0.717, 1.165) is 12.0 Å². The fourth-order valence-corrected chi connectivity index (χ4v) is 3.33. The van der Waals surface area contributed by atoms with Gasteiger partial charge in [-0.05, 0) is 48.2 Å². The molecule has 24 heavy (non-hydrogen) atoms. The zero-order valence-corrected chi connectivity index (χ0v) is 15.6. The number of carbonyl (C=O) groups is 1. The van der Waals surface area contributed by atoms with Gasteiger partial charge in [-0.1, -0.05) is 56.5 Å². The molecule has 0 heterocycles. The largest absolute Gasteiger partial charge is 0.358 e. The molecule has 0 radical (unpaired) electrons. The number of nitrogens with one attached hydrogen (secondary N) is 3. The number of amides is 1. The molecule has 6 heteroatoms. The lowest BCUT2D eigenvalue weighted by atomic mass is 9.78. The van der Waals surface area contributed by atoms with Crippen LogP contribution in [0.15, 0.2) is 30.3 Å². The predicted octanol–water partition coefficient (Wildman–Crippen LogP) is 3.67. The van der Waals surface area contributed by atoms with Crippen molar-refractivity contribution in [3.8, 4) is 0 Å². The van der Waals surface area contributed by atoms with Crippen molar-refractivity contribution in [1.82, 2.24) is 16.2 Å². The smallest absolute Gasteiger partial charge is 0.262 e. The van der Waals surface area contributed by atoms with Crippen LogP contribution in [-0.2, 0) is 4.79 Å². The molecular formula is C18H24ClN3OS. The molecule has 1 saturated carbocycles. The van der Waals surface area contributed by atoms with E-state index in [2.05, 4.69) is 30.0 Å². The van der Waals surface area contributed by atoms with Crippen LogP contribution in [0.4, 0.5) is 0 Å². The van der Waals surface area contributed by atoms with Gasteiger partial charge in [-0.25, -0.2) is 0 Å². The SMILES string of the molecule is C[C@@H]1[C@H](C)CCC[C@H]1NC(=S)NNC(=O)/C=C/c1ccccc1Cl. The summed E-state index contributed by atoms with van der Waals surface area (Å²) < 4.78 is 0. The van der Waals surface area contributed by atoms with E-state index in [4.69, 9.17) is 23.8 Å². The highest BCUT2D eigenvalue weighted by atomic mass is 35.5. The first-order valence-electron chi connectivity index (χ1n) is 8.26. The van der Waals surface area contributed by atoms with E-state index < -0.39 is 0 Å². The highest BCUT2D eigenvalue weighted by Crippen LogP contribution is 2.29. The maximum absolute atomic E-state index is 11.8. The van der Waals surface area contributed by atoms with E-state index in [-0.39, 0.29) is 5.91 Å². The molecule has 1 aromatic rings. The molecule has 0 saturated heterocycles. The fraction of sp³-hybridized carbons (Fsp3) is 0.444. The van der Waals surface area contributed by atoms with Crippen molar-refractivity contribution >= 4 is 40.9 Å². The summed E-state index contributed by atoms with van der Waals surface area (Å²) in [6, 6.07) is 7.69. The summed E-state index contributed by atoms with van der Waals surface area (Å²) in [6.45, 7) is 4.52. The summed E-state index contributed by atoms with van der Waals surface area (Å²) in [4.78, 5) is 11.8. The molecule has 3 N–H and O–H groups in total. The van der Waals surface area contributed by atoms with Crippen LogP contribution in [0.3, 0.4) is 0 Å². The maximum Gasteiger partial charge on any atom is 0.262 e. The van der Waals surface area contributed by atoms with Crippen LogP contribution in [0.2, 0.25) is 5.02 Å². The molecule has 0 bridgehead atoms. The molecule has 1 fully saturated rings. The Balaban J connectivity index is 1.77. The minimum absolute atomic E-state index is 0.288. The van der Waals surface area contributed by atoms with E-state index in [1.165, 1.54) is 18.9 Å². The van der Waals surface area contributed by atoms with Crippen molar-refractivity contribution < 1.29 is 4.79 Å². The van der Waals surface area contributed by atoms with Crippen molar-refractivity contribution in [2.24, 2.45) is 11.8 Å². The van der Waals surface area contributed by atoms with Gasteiger partial charge in [-0.2, -0.15) is 0 Å². The molecule has 4 nitrogen and oxygen atoms in total. The third kappa shape index (κ3) is 5.49. The monoisotopic (exact) mass is 365 g/mol. The Morgan fingerprint density at radius 2 is 2.00 bits per heavy atom. The van der Waals surface area contributed by atoms with Crippen LogP contribution < -0.4 is 16.2 Å². The second kappa shape index (κ2) is 9.04. The van der Waals surface area contributed by atoms with Gasteiger partial charge in [0.25, 0.3) is 5.91 Å². The van der Waals surface area contributed by atoms with Crippen LogP contribution in [-0.4, -0.2) is 17.1 Å². The van der Waals surface area contributed by atoms with E-state index in [1.54, 1.807) is 12.1 Å². The van der Waals surface area contributed by atoms with Crippen LogP contribution >= 0.6 is 23.8 Å². The Kier molecular flexibility index (Phi) is 7.06. The number of hydrogen-bond donors (Lipinski definition) is 3. The molecule has 3 atom stereocenters. The normalized spacial score (nSPS) is 23.7. The lowest BCUT2D eigenvalue weighted by molar-refractivity contribution is -0.116. The summed E-state index contributed by atoms with van der Waals surface area (Å²) in [6.07, 6.45) is 6.67. The van der Waals surface area contributed by atoms with E-state index in [9.17, 15) is 4.79 Å². The molecule has 1 amide bonds. The van der Waals surface area contributed by atoms with Crippen molar-refractivity contribution in [3.05, 3.63) is 40.9 Å². The van der Waals surface area contributed by atoms with Crippen molar-refractivity contribution in [2.45, 2.75) is 39.2 Å². The first kappa shape index (κ1) is 18.7. The second-order valence-electron chi connectivity index (χ2n) is 6.32. The van der Waals surface area contributed by atoms with Gasteiger partial charge in [0.15, 0.2) is 5.11 Å². The number of halogens is 1. The van der Waals surface area contributed by atoms with Crippen LogP contribution in [0.5, 0.6) is 0 Å². The number of hydrazine groups is 1. The lowest BCUT2D eigenvalue weighted by Crippen LogP contribution is -2.52. The Morgan fingerprint density at radius 1 is 1.25 bits per heavy atom. The Labute approximate surface area is 154 Å². The summed E-state index contributed by atoms with van der Waals surface area (Å²) in [5.74, 6) is 0.964. The zero-order chi connectivity index (χ0) is 17.5. The third-order valence-electron chi connectivity index (χ3n) is 4.64. The Bertz CT molecular complexity index is 620. The molecule has 0 unspecified atom stereocenters. The third-order valence-corrected chi connectivity index (χ3v) is 5.21. The second-order valence-corrected chi connectivity index (χ2v) is 7.13. The lowest BCUT2D eigenvalue weighted by Gasteiger charge is -2.35. The standard InChI is InChI=1S/C18H24ClN3OS/c1-12-6-5-9-16(13(12)2)20-18(24)22-21-17(23)11-10-14-7-3-4-8-15(14)19/h3-4,7-8,10-13,16H,5-6,9H2,1-2H3,(H,21,23)(H2,20,22,24)/b11-10+/t12-,13-,16-/m1/s1. The molecule has 0 aromatic heterocycles. The first-order valence-corrected chi connectivity index (χ1v) is 9.05. The van der Waals surface area contributed by atoms with Crippen molar-refractivity contribution in [1.29, 1.82) is 0 Å². The average Bonchev–Trinajstić information content (AvgIpc) is 2.56. The Morgan fingerprint density at radius 3 is 2.75 bits per heavy atom. The predicted molar refractivity (Wildman–Crippen MR) is 103 cm³/mol. The number of benzene rings is 1. The average molecular weight is 366 g/mol. The first-order chi connectivity index (χ1) is 11.5. The van der Waals surface area contributed by atoms with Gasteiger partial charge >= 0.3 is 0 Å². The summed E-state index contributed by atoms with van der Waals surface area (Å²) in [7, 11) is 0. The van der Waals surface area contributed by atoms with Crippen LogP contribution in [0.1, 0.15) is 38.7 Å². The highest BCUT2D eigenvalue weighted by molar-refractivity contribution is 7.80. The van der Waals surface area contributed by atoms with Crippen LogP contribution in [0.25, 0.3) is 6.08 Å². The zero-order valence-electron chi connectivity index (χ0n) is 14.0. The number of hydrogen-bond acceptors (Lipinski definition) is 2. The van der Waals surface area contributed by atoms with Gasteiger partial charge in [-0.3, -0.25) is 15.6 Å². The molecule has 1 aliphatic carbocycles. The molecule has 130 valence electrons. The van der Waals surface area contributed by atoms with E-state index in [0.29, 0.717) is 28.0 Å². The minimum Gasteiger partial charge on any atom is -0.358 e. The van der Waals surface area contributed by atoms with Gasteiger partial charge in [0.2, 0.25) is 0 Å². The minimum atomic E-state index is -0.288. The van der Waals surface area contributed by atoms with Gasteiger partial charge in [0.05, 0.1) is 0 Å². The van der Waals surface area contributed by atoms with Crippen molar-refractivity contribution in [3.63, 3.8) is 0 Å². The molecule has 1 aromatic carbocycles. The molecule has 2 rings (SSSR count). The van der Waals surface area contributed by atoms with Gasteiger partial charge in [0, 0.05) is 17.1 Å². The molecule has 1 aliphatic rings. The molecular weight excluding hydrogens is 342 g/mol. The van der Waals surface area contributed by atoms with E-state index >= 15 is 0 Å². The van der Waals surface area contributed by atoms with E-state index in [1.807, 2.05) is 18.2 Å². The Hall–Kier alpha value is -1.59. The summed E-state index contributed by atoms with van der Waals surface area (Å²) in [5.41, 5.74) is 6.11. The molecule has 0 aliphatic heterocycles. The van der Waals surface area contributed by atoms with Gasteiger partial charge in [-0.15, -0.1) is 0 Å². The van der Waals surface area contributed by atoms with Gasteiger partial charge in [0.1, 0.15) is 0 Å². The molecule has 0 spiro atoms. The van der Waals surface area contributed by atoms with Crippen LogP contribution in [0, 0.1) is 11.8 Å². The number of carbonyl (C=O) groups excluding carboxylic acids is 1. The summed E-state index contributed by atoms with van der Waals surface area (Å²) in [5, 5.41) is 4.35. The number of rotatable bonds is 3.